The molecule has 1 aliphatic rings. The molecule has 0 atom stereocenters. The second kappa shape index (κ2) is 11.3. The molecule has 2 heterocycles. The van der Waals surface area contributed by atoms with Crippen LogP contribution in [-0.2, 0) is 6.61 Å². The monoisotopic (exact) mass is 511 g/mol. The number of aromatic nitrogens is 2. The van der Waals surface area contributed by atoms with Gasteiger partial charge in [-0.3, -0.25) is 15.0 Å². The number of hydrogen-bond acceptors (Lipinski definition) is 7. The summed E-state index contributed by atoms with van der Waals surface area (Å²) < 4.78 is 11.7. The third-order valence-corrected chi connectivity index (χ3v) is 6.43. The minimum absolute atomic E-state index is 0.314. The van der Waals surface area contributed by atoms with Gasteiger partial charge in [0.2, 0.25) is 0 Å². The Morgan fingerprint density at radius 3 is 2.65 bits per heavy atom. The number of hydrogen-bond donors (Lipinski definition) is 1. The van der Waals surface area contributed by atoms with Crippen LogP contribution < -0.4 is 14.8 Å². The van der Waals surface area contributed by atoms with Gasteiger partial charge in [-0.15, -0.1) is 0 Å². The van der Waals surface area contributed by atoms with Gasteiger partial charge in [0.15, 0.2) is 0 Å². The van der Waals surface area contributed by atoms with Crippen LogP contribution in [0, 0.1) is 11.3 Å². The van der Waals surface area contributed by atoms with Gasteiger partial charge in [0.05, 0.1) is 34.1 Å². The van der Waals surface area contributed by atoms with E-state index in [9.17, 15) is 5.26 Å². The Labute approximate surface area is 220 Å². The molecule has 8 heteroatoms. The van der Waals surface area contributed by atoms with Crippen LogP contribution in [0.2, 0.25) is 5.02 Å². The minimum Gasteiger partial charge on any atom is -0.492 e. The van der Waals surface area contributed by atoms with Gasteiger partial charge in [-0.25, -0.2) is 0 Å². The van der Waals surface area contributed by atoms with E-state index in [-0.39, 0.29) is 0 Å². The molecule has 37 heavy (non-hydrogen) atoms. The Bertz CT molecular complexity index is 1490. The first-order chi connectivity index (χ1) is 18.1. The van der Waals surface area contributed by atoms with Gasteiger partial charge < -0.3 is 14.8 Å². The number of fused-ring (bicyclic) bond motifs is 1. The number of pyridine rings is 2. The summed E-state index contributed by atoms with van der Waals surface area (Å²) in [6.07, 6.45) is 7.60. The highest BCUT2D eigenvalue weighted by atomic mass is 35.5. The molecule has 0 saturated heterocycles. The fraction of sp³-hybridized carbons (Fsp3) is 0.241. The van der Waals surface area contributed by atoms with Gasteiger partial charge in [0, 0.05) is 35.2 Å². The lowest BCUT2D eigenvalue weighted by Gasteiger charge is -2.15. The molecular formula is C29H26ClN5O2. The molecule has 0 amide bonds. The first-order valence-corrected chi connectivity index (χ1v) is 12.7. The van der Waals surface area contributed by atoms with Gasteiger partial charge in [-0.05, 0) is 69.0 Å². The standard InChI is InChI=1S/C29H26ClN5O2/c1-2-36-28-15-25-23(14-26(28)34-20-7-3-4-8-20)29(19(16-31)17-33-25)35-21-10-11-27(24(30)13-21)37-18-22-9-5-6-12-32-22/h5-6,9-15,17H,2-4,7-8,18H2,1H3,(H,33,35). The van der Waals surface area contributed by atoms with E-state index in [0.29, 0.717) is 46.5 Å². The van der Waals surface area contributed by atoms with Crippen LogP contribution in [-0.4, -0.2) is 22.3 Å². The van der Waals surface area contributed by atoms with E-state index in [2.05, 4.69) is 21.4 Å². The topological polar surface area (TPSA) is 92.4 Å². The Morgan fingerprint density at radius 2 is 1.92 bits per heavy atom. The maximum absolute atomic E-state index is 9.84. The summed E-state index contributed by atoms with van der Waals surface area (Å²) in [5, 5.41) is 14.4. The maximum Gasteiger partial charge on any atom is 0.147 e. The number of benzene rings is 2. The number of halogens is 1. The molecule has 7 nitrogen and oxygen atoms in total. The lowest BCUT2D eigenvalue weighted by atomic mass is 10.1. The van der Waals surface area contributed by atoms with Crippen molar-refractivity contribution < 1.29 is 9.47 Å². The third kappa shape index (κ3) is 5.65. The quantitative estimate of drug-likeness (QED) is 0.263. The third-order valence-electron chi connectivity index (χ3n) is 6.13. The van der Waals surface area contributed by atoms with Gasteiger partial charge in [0.1, 0.15) is 29.9 Å². The van der Waals surface area contributed by atoms with Crippen molar-refractivity contribution in [3.63, 3.8) is 0 Å². The van der Waals surface area contributed by atoms with Crippen molar-refractivity contribution in [1.82, 2.24) is 9.97 Å². The number of rotatable bonds is 8. The summed E-state index contributed by atoms with van der Waals surface area (Å²) in [6, 6.07) is 17.2. The zero-order valence-corrected chi connectivity index (χ0v) is 21.3. The van der Waals surface area contributed by atoms with Crippen LogP contribution in [0.15, 0.2) is 65.9 Å². The summed E-state index contributed by atoms with van der Waals surface area (Å²) in [6.45, 7) is 2.79. The summed E-state index contributed by atoms with van der Waals surface area (Å²) in [5.74, 6) is 1.24. The molecular weight excluding hydrogens is 486 g/mol. The second-order valence-corrected chi connectivity index (χ2v) is 9.10. The van der Waals surface area contributed by atoms with E-state index in [1.165, 1.54) is 5.71 Å². The predicted molar refractivity (Wildman–Crippen MR) is 146 cm³/mol. The molecule has 4 aromatic rings. The highest BCUT2D eigenvalue weighted by molar-refractivity contribution is 6.32. The summed E-state index contributed by atoms with van der Waals surface area (Å²) in [5.41, 5.74) is 5.23. The Kier molecular flexibility index (Phi) is 7.48. The molecule has 1 fully saturated rings. The average molecular weight is 512 g/mol. The van der Waals surface area contributed by atoms with E-state index in [1.54, 1.807) is 24.5 Å². The smallest absolute Gasteiger partial charge is 0.147 e. The molecule has 2 aromatic carbocycles. The zero-order chi connectivity index (χ0) is 25.6. The first-order valence-electron chi connectivity index (χ1n) is 12.3. The number of nitrogens with one attached hydrogen (secondary N) is 1. The highest BCUT2D eigenvalue weighted by Crippen LogP contribution is 2.39. The molecule has 1 aliphatic carbocycles. The Hall–Kier alpha value is -4.15. The fourth-order valence-corrected chi connectivity index (χ4v) is 4.56. The van der Waals surface area contributed by atoms with E-state index in [0.717, 1.165) is 48.1 Å². The summed E-state index contributed by atoms with van der Waals surface area (Å²) in [4.78, 5) is 13.7. The lowest BCUT2D eigenvalue weighted by molar-refractivity contribution is 0.301. The van der Waals surface area contributed by atoms with Crippen molar-refractivity contribution in [2.45, 2.75) is 39.2 Å². The average Bonchev–Trinajstić information content (AvgIpc) is 3.43. The molecule has 2 aromatic heterocycles. The molecule has 5 rings (SSSR count). The normalized spacial score (nSPS) is 12.8. The lowest BCUT2D eigenvalue weighted by Crippen LogP contribution is -2.00. The van der Waals surface area contributed by atoms with Gasteiger partial charge in [-0.2, -0.15) is 5.26 Å². The van der Waals surface area contributed by atoms with Crippen LogP contribution >= 0.6 is 11.6 Å². The minimum atomic E-state index is 0.314. The number of anilines is 2. The Balaban J connectivity index is 1.48. The predicted octanol–water partition coefficient (Wildman–Crippen LogP) is 7.52. The molecule has 186 valence electrons. The maximum atomic E-state index is 9.84. The van der Waals surface area contributed by atoms with Crippen molar-refractivity contribution in [1.29, 1.82) is 5.26 Å². The van der Waals surface area contributed by atoms with Gasteiger partial charge >= 0.3 is 0 Å². The van der Waals surface area contributed by atoms with Gasteiger partial charge in [-0.1, -0.05) is 17.7 Å². The molecule has 0 aliphatic heterocycles. The zero-order valence-electron chi connectivity index (χ0n) is 20.5. The van der Waals surface area contributed by atoms with E-state index in [1.807, 2.05) is 43.3 Å². The fourth-order valence-electron chi connectivity index (χ4n) is 4.33. The van der Waals surface area contributed by atoms with Crippen LogP contribution in [0.1, 0.15) is 43.9 Å². The van der Waals surface area contributed by atoms with Crippen LogP contribution in [0.25, 0.3) is 10.9 Å². The molecule has 0 unspecified atom stereocenters. The molecule has 1 saturated carbocycles. The second-order valence-electron chi connectivity index (χ2n) is 8.69. The van der Waals surface area contributed by atoms with Crippen molar-refractivity contribution >= 4 is 45.3 Å². The van der Waals surface area contributed by atoms with Crippen molar-refractivity contribution in [2.24, 2.45) is 4.99 Å². The molecule has 0 radical (unpaired) electrons. The van der Waals surface area contributed by atoms with Crippen molar-refractivity contribution in [2.75, 3.05) is 11.9 Å². The summed E-state index contributed by atoms with van der Waals surface area (Å²) in [7, 11) is 0. The number of nitriles is 1. The van der Waals surface area contributed by atoms with Crippen molar-refractivity contribution in [3.05, 3.63) is 77.2 Å². The first kappa shape index (κ1) is 24.5. The number of aliphatic imine (C=N–C) groups is 1. The molecule has 1 N–H and O–H groups in total. The summed E-state index contributed by atoms with van der Waals surface area (Å²) >= 11 is 6.53. The van der Waals surface area contributed by atoms with Gasteiger partial charge in [0.25, 0.3) is 0 Å². The van der Waals surface area contributed by atoms with Crippen LogP contribution in [0.3, 0.4) is 0 Å². The highest BCUT2D eigenvalue weighted by Gasteiger charge is 2.16. The Morgan fingerprint density at radius 1 is 1.05 bits per heavy atom. The number of nitrogens with zero attached hydrogens (tertiary/aromatic N) is 4. The van der Waals surface area contributed by atoms with Crippen LogP contribution in [0.5, 0.6) is 11.5 Å². The SMILES string of the molecule is CCOc1cc2ncc(C#N)c(Nc3ccc(OCc4ccccn4)c(Cl)c3)c2cc1N=C1CCCC1. The largest absolute Gasteiger partial charge is 0.492 e. The van der Waals surface area contributed by atoms with E-state index >= 15 is 0 Å². The van der Waals surface area contributed by atoms with E-state index < -0.39 is 0 Å². The molecule has 0 spiro atoms. The van der Waals surface area contributed by atoms with Crippen molar-refractivity contribution in [3.8, 4) is 17.6 Å². The van der Waals surface area contributed by atoms with E-state index in [4.69, 9.17) is 26.1 Å². The number of ether oxygens (including phenoxy) is 2. The molecule has 0 bridgehead atoms. The van der Waals surface area contributed by atoms with Crippen LogP contribution in [0.4, 0.5) is 17.1 Å².